The van der Waals surface area contributed by atoms with Gasteiger partial charge in [-0.25, -0.2) is 14.0 Å². The first-order valence-corrected chi connectivity index (χ1v) is 12.7. The summed E-state index contributed by atoms with van der Waals surface area (Å²) in [5, 5.41) is 4.95. The Morgan fingerprint density at radius 1 is 1.22 bits per heavy atom. The standard InChI is InChI=1S/C26H28ClFN4O5/c1-14-3-8-21(15-4-6-19(28)18(27)11-15)32(14)22(33)12-31-13-26(37-25(31)36)10-9-16-17(26)5-7-20(23(16)34)30-24(35)29-2/h4-7,11,14,16,21H,3,8-10,12-13H2,1-2H3,(H2,29,30,35)/t14?,16?,21?,26-/m0/s1. The van der Waals surface area contributed by atoms with E-state index in [1.54, 1.807) is 23.1 Å². The number of likely N-dealkylation sites (tertiary alicyclic amines) is 1. The Bertz CT molecular complexity index is 1250. The van der Waals surface area contributed by atoms with Gasteiger partial charge in [0, 0.05) is 19.0 Å². The molecular weight excluding hydrogens is 503 g/mol. The summed E-state index contributed by atoms with van der Waals surface area (Å²) >= 11 is 5.98. The topological polar surface area (TPSA) is 108 Å². The number of allylic oxidation sites excluding steroid dienone is 3. The van der Waals surface area contributed by atoms with Crippen LogP contribution < -0.4 is 10.6 Å². The number of halogens is 2. The van der Waals surface area contributed by atoms with Crippen LogP contribution in [0.4, 0.5) is 14.0 Å². The maximum Gasteiger partial charge on any atom is 0.411 e. The first-order chi connectivity index (χ1) is 17.6. The molecule has 4 aliphatic rings. The van der Waals surface area contributed by atoms with E-state index in [1.165, 1.54) is 24.1 Å². The molecule has 3 unspecified atom stereocenters. The molecule has 196 valence electrons. The second-order valence-electron chi connectivity index (χ2n) is 10.00. The number of nitrogens with zero attached hydrogens (tertiary/aromatic N) is 2. The van der Waals surface area contributed by atoms with Crippen molar-refractivity contribution in [2.75, 3.05) is 20.1 Å². The van der Waals surface area contributed by atoms with Gasteiger partial charge in [0.1, 0.15) is 12.4 Å². The molecule has 2 aliphatic heterocycles. The lowest BCUT2D eigenvalue weighted by atomic mass is 9.85. The summed E-state index contributed by atoms with van der Waals surface area (Å²) in [5.41, 5.74) is 0.655. The highest BCUT2D eigenvalue weighted by atomic mass is 35.5. The van der Waals surface area contributed by atoms with E-state index in [9.17, 15) is 23.6 Å². The number of rotatable bonds is 4. The fraction of sp³-hybridized carbons (Fsp3) is 0.462. The Hall–Kier alpha value is -3.40. The minimum Gasteiger partial charge on any atom is -0.436 e. The quantitative estimate of drug-likeness (QED) is 0.620. The van der Waals surface area contributed by atoms with E-state index in [1.807, 2.05) is 6.92 Å². The van der Waals surface area contributed by atoms with Gasteiger partial charge >= 0.3 is 12.1 Å². The van der Waals surface area contributed by atoms with Crippen LogP contribution >= 0.6 is 11.6 Å². The van der Waals surface area contributed by atoms with Crippen molar-refractivity contribution in [3.8, 4) is 0 Å². The Morgan fingerprint density at radius 2 is 2.00 bits per heavy atom. The van der Waals surface area contributed by atoms with Crippen LogP contribution in [-0.4, -0.2) is 65.4 Å². The third-order valence-corrected chi connectivity index (χ3v) is 8.11. The molecule has 0 radical (unpaired) electrons. The zero-order chi connectivity index (χ0) is 26.5. The largest absolute Gasteiger partial charge is 0.436 e. The Balaban J connectivity index is 1.32. The molecule has 2 N–H and O–H groups in total. The number of ketones is 1. The summed E-state index contributed by atoms with van der Waals surface area (Å²) in [4.78, 5) is 54.1. The fourth-order valence-corrected chi connectivity index (χ4v) is 6.19. The summed E-state index contributed by atoms with van der Waals surface area (Å²) in [6.07, 6.45) is 5.07. The molecule has 1 aromatic rings. The lowest BCUT2D eigenvalue weighted by Gasteiger charge is -2.31. The van der Waals surface area contributed by atoms with Crippen LogP contribution in [0.15, 0.2) is 41.6 Å². The minimum absolute atomic E-state index is 0.00309. The highest BCUT2D eigenvalue weighted by Gasteiger charge is 2.56. The maximum absolute atomic E-state index is 13.7. The van der Waals surface area contributed by atoms with Crippen LogP contribution in [0.1, 0.15) is 44.2 Å². The second-order valence-corrected chi connectivity index (χ2v) is 10.4. The monoisotopic (exact) mass is 530 g/mol. The SMILES string of the molecule is CNC(=O)NC1=CC=C2C(CC[C@]23CN(CC(=O)N2C(C)CCC2c2ccc(F)c(Cl)c2)C(=O)O3)C1=O. The van der Waals surface area contributed by atoms with E-state index >= 15 is 0 Å². The molecule has 1 saturated carbocycles. The number of fused-ring (bicyclic) bond motifs is 2. The molecule has 2 aliphatic carbocycles. The molecule has 1 aromatic carbocycles. The molecule has 2 saturated heterocycles. The summed E-state index contributed by atoms with van der Waals surface area (Å²) in [6, 6.07) is 3.67. The van der Waals surface area contributed by atoms with E-state index in [-0.39, 0.29) is 47.6 Å². The van der Waals surface area contributed by atoms with E-state index in [0.717, 1.165) is 12.0 Å². The number of amides is 4. The van der Waals surface area contributed by atoms with E-state index in [0.29, 0.717) is 24.8 Å². The zero-order valence-corrected chi connectivity index (χ0v) is 21.3. The van der Waals surface area contributed by atoms with Gasteiger partial charge in [0.2, 0.25) is 5.91 Å². The normalized spacial score (nSPS) is 28.7. The highest BCUT2D eigenvalue weighted by molar-refractivity contribution is 6.30. The lowest BCUT2D eigenvalue weighted by Crippen LogP contribution is -2.44. The van der Waals surface area contributed by atoms with Crippen LogP contribution in [-0.2, 0) is 14.3 Å². The first kappa shape index (κ1) is 25.3. The summed E-state index contributed by atoms with van der Waals surface area (Å²) in [5.74, 6) is -1.47. The number of carbonyl (C=O) groups excluding carboxylic acids is 4. The Labute approximate surface area is 218 Å². The van der Waals surface area contributed by atoms with Crippen molar-refractivity contribution in [3.05, 3.63) is 58.0 Å². The Kier molecular flexibility index (Phi) is 6.47. The van der Waals surface area contributed by atoms with Crippen LogP contribution in [0.3, 0.4) is 0 Å². The van der Waals surface area contributed by atoms with Gasteiger partial charge in [0.15, 0.2) is 11.4 Å². The number of Topliss-reactive ketones (excluding diaryl/α,β-unsaturated/α-hetero) is 1. The van der Waals surface area contributed by atoms with Gasteiger partial charge in [0.05, 0.1) is 23.3 Å². The predicted molar refractivity (Wildman–Crippen MR) is 132 cm³/mol. The molecule has 4 amide bonds. The molecule has 1 spiro atoms. The maximum atomic E-state index is 13.7. The van der Waals surface area contributed by atoms with Crippen molar-refractivity contribution in [1.82, 2.24) is 20.4 Å². The second kappa shape index (κ2) is 9.48. The van der Waals surface area contributed by atoms with Crippen molar-refractivity contribution >= 4 is 35.4 Å². The van der Waals surface area contributed by atoms with Gasteiger partial charge < -0.3 is 20.3 Å². The number of benzene rings is 1. The van der Waals surface area contributed by atoms with Crippen LogP contribution in [0.5, 0.6) is 0 Å². The molecule has 5 rings (SSSR count). The first-order valence-electron chi connectivity index (χ1n) is 12.3. The number of hydrogen-bond donors (Lipinski definition) is 2. The molecule has 0 bridgehead atoms. The number of ether oxygens (including phenoxy) is 1. The van der Waals surface area contributed by atoms with E-state index < -0.39 is 29.5 Å². The fourth-order valence-electron chi connectivity index (χ4n) is 6.00. The Morgan fingerprint density at radius 3 is 2.73 bits per heavy atom. The highest BCUT2D eigenvalue weighted by Crippen LogP contribution is 2.48. The van der Waals surface area contributed by atoms with Gasteiger partial charge in [-0.3, -0.25) is 14.5 Å². The summed E-state index contributed by atoms with van der Waals surface area (Å²) in [6.45, 7) is 1.94. The molecule has 2 heterocycles. The van der Waals surface area contributed by atoms with Crippen molar-refractivity contribution in [2.45, 2.75) is 50.3 Å². The van der Waals surface area contributed by atoms with Crippen molar-refractivity contribution in [1.29, 1.82) is 0 Å². The summed E-state index contributed by atoms with van der Waals surface area (Å²) < 4.78 is 19.5. The van der Waals surface area contributed by atoms with Crippen molar-refractivity contribution in [3.63, 3.8) is 0 Å². The van der Waals surface area contributed by atoms with Crippen molar-refractivity contribution < 1.29 is 28.3 Å². The van der Waals surface area contributed by atoms with E-state index in [4.69, 9.17) is 16.3 Å². The van der Waals surface area contributed by atoms with Crippen LogP contribution in [0, 0.1) is 11.7 Å². The number of urea groups is 1. The predicted octanol–water partition coefficient (Wildman–Crippen LogP) is 3.45. The minimum atomic E-state index is -0.979. The third kappa shape index (κ3) is 4.37. The number of hydrogen-bond acceptors (Lipinski definition) is 5. The molecule has 11 heteroatoms. The molecular formula is C26H28ClFN4O5. The average Bonchev–Trinajstić information content (AvgIpc) is 3.52. The molecule has 0 aromatic heterocycles. The average molecular weight is 531 g/mol. The van der Waals surface area contributed by atoms with Gasteiger partial charge in [-0.2, -0.15) is 0 Å². The molecule has 37 heavy (non-hydrogen) atoms. The summed E-state index contributed by atoms with van der Waals surface area (Å²) in [7, 11) is 1.46. The van der Waals surface area contributed by atoms with Gasteiger partial charge in [-0.1, -0.05) is 23.7 Å². The zero-order valence-electron chi connectivity index (χ0n) is 20.6. The van der Waals surface area contributed by atoms with Crippen LogP contribution in [0.2, 0.25) is 5.02 Å². The number of nitrogens with one attached hydrogen (secondary N) is 2. The van der Waals surface area contributed by atoms with Gasteiger partial charge in [-0.05, 0) is 62.0 Å². The molecule has 9 nitrogen and oxygen atoms in total. The third-order valence-electron chi connectivity index (χ3n) is 7.82. The van der Waals surface area contributed by atoms with Crippen LogP contribution in [0.25, 0.3) is 0 Å². The van der Waals surface area contributed by atoms with E-state index in [2.05, 4.69) is 10.6 Å². The smallest absolute Gasteiger partial charge is 0.411 e. The molecule has 3 fully saturated rings. The van der Waals surface area contributed by atoms with Gasteiger partial charge in [-0.15, -0.1) is 0 Å². The van der Waals surface area contributed by atoms with Gasteiger partial charge in [0.25, 0.3) is 0 Å². The van der Waals surface area contributed by atoms with Crippen molar-refractivity contribution in [2.24, 2.45) is 5.92 Å². The molecule has 4 atom stereocenters. The lowest BCUT2D eigenvalue weighted by molar-refractivity contribution is -0.134. The number of carbonyl (C=O) groups is 4.